The van der Waals surface area contributed by atoms with Gasteiger partial charge < -0.3 is 15.3 Å². The van der Waals surface area contributed by atoms with Gasteiger partial charge in [0.2, 0.25) is 0 Å². The average molecular weight is 284 g/mol. The molecule has 0 aromatic heterocycles. The summed E-state index contributed by atoms with van der Waals surface area (Å²) in [7, 11) is 0. The van der Waals surface area contributed by atoms with Crippen LogP contribution in [0.3, 0.4) is 0 Å². The summed E-state index contributed by atoms with van der Waals surface area (Å²) in [6.07, 6.45) is 8.23. The lowest BCUT2D eigenvalue weighted by molar-refractivity contribution is -0.138. The molecule has 0 bridgehead atoms. The van der Waals surface area contributed by atoms with Crippen molar-refractivity contribution >= 4 is 12.0 Å². The second-order valence-corrected chi connectivity index (χ2v) is 5.80. The Morgan fingerprint density at radius 2 is 1.95 bits per heavy atom. The quantitative estimate of drug-likeness (QED) is 0.755. The van der Waals surface area contributed by atoms with Crippen molar-refractivity contribution in [1.29, 1.82) is 0 Å². The maximum Gasteiger partial charge on any atom is 0.323 e. The molecule has 1 aliphatic rings. The molecule has 5 heteroatoms. The molecule has 20 heavy (non-hydrogen) atoms. The molecule has 1 unspecified atom stereocenters. The van der Waals surface area contributed by atoms with E-state index in [0.717, 1.165) is 18.8 Å². The smallest absolute Gasteiger partial charge is 0.323 e. The highest BCUT2D eigenvalue weighted by molar-refractivity contribution is 5.80. The van der Waals surface area contributed by atoms with E-state index in [9.17, 15) is 9.59 Å². The highest BCUT2D eigenvalue weighted by atomic mass is 16.4. The molecule has 2 N–H and O–H groups in total. The van der Waals surface area contributed by atoms with Crippen LogP contribution in [-0.2, 0) is 4.79 Å². The zero-order valence-corrected chi connectivity index (χ0v) is 12.7. The number of hydrogen-bond donors (Lipinski definition) is 2. The van der Waals surface area contributed by atoms with E-state index in [-0.39, 0.29) is 18.6 Å². The molecule has 1 aliphatic carbocycles. The molecule has 0 heterocycles. The summed E-state index contributed by atoms with van der Waals surface area (Å²) in [5, 5.41) is 11.8. The van der Waals surface area contributed by atoms with Crippen LogP contribution >= 0.6 is 0 Å². The van der Waals surface area contributed by atoms with Crippen LogP contribution in [0.2, 0.25) is 0 Å². The molecule has 0 aliphatic heterocycles. The van der Waals surface area contributed by atoms with Crippen LogP contribution in [0, 0.1) is 5.92 Å². The monoisotopic (exact) mass is 284 g/mol. The van der Waals surface area contributed by atoms with Gasteiger partial charge in [-0.1, -0.05) is 39.0 Å². The Labute approximate surface area is 121 Å². The zero-order valence-electron chi connectivity index (χ0n) is 12.7. The molecule has 0 aromatic carbocycles. The third-order valence-electron chi connectivity index (χ3n) is 4.24. The van der Waals surface area contributed by atoms with Gasteiger partial charge in [0, 0.05) is 12.6 Å². The van der Waals surface area contributed by atoms with E-state index in [1.54, 1.807) is 0 Å². The highest BCUT2D eigenvalue weighted by Crippen LogP contribution is 2.25. The number of carbonyl (C=O) groups is 2. The van der Waals surface area contributed by atoms with Crippen molar-refractivity contribution in [1.82, 2.24) is 10.2 Å². The zero-order chi connectivity index (χ0) is 15.0. The lowest BCUT2D eigenvalue weighted by Gasteiger charge is -2.28. The number of hydrogen-bond acceptors (Lipinski definition) is 2. The Balaban J connectivity index is 2.34. The van der Waals surface area contributed by atoms with E-state index in [0.29, 0.717) is 6.54 Å². The fourth-order valence-corrected chi connectivity index (χ4v) is 2.75. The first-order chi connectivity index (χ1) is 9.54. The second kappa shape index (κ2) is 8.82. The molecule has 1 atom stereocenters. The fourth-order valence-electron chi connectivity index (χ4n) is 2.75. The lowest BCUT2D eigenvalue weighted by Crippen LogP contribution is -2.47. The number of rotatable bonds is 7. The van der Waals surface area contributed by atoms with Gasteiger partial charge in [-0.25, -0.2) is 4.79 Å². The van der Waals surface area contributed by atoms with Crippen molar-refractivity contribution < 1.29 is 14.7 Å². The average Bonchev–Trinajstić information content (AvgIpc) is 2.44. The van der Waals surface area contributed by atoms with Gasteiger partial charge in [0.05, 0.1) is 0 Å². The lowest BCUT2D eigenvalue weighted by atomic mass is 9.87. The minimum atomic E-state index is -0.965. The fraction of sp³-hybridized carbons (Fsp3) is 0.867. The molecule has 5 nitrogen and oxygen atoms in total. The van der Waals surface area contributed by atoms with Crippen LogP contribution < -0.4 is 5.32 Å². The predicted octanol–water partition coefficient (Wildman–Crippen LogP) is 2.85. The molecule has 0 aromatic rings. The van der Waals surface area contributed by atoms with E-state index in [4.69, 9.17) is 5.11 Å². The molecule has 0 saturated heterocycles. The highest BCUT2D eigenvalue weighted by Gasteiger charge is 2.21. The van der Waals surface area contributed by atoms with E-state index >= 15 is 0 Å². The van der Waals surface area contributed by atoms with Crippen molar-refractivity contribution in [3.63, 3.8) is 0 Å². The number of carboxylic acid groups (broad SMARTS) is 1. The summed E-state index contributed by atoms with van der Waals surface area (Å²) in [5.74, 6) is -0.242. The molecule has 116 valence electrons. The molecular weight excluding hydrogens is 256 g/mol. The maximum absolute atomic E-state index is 12.1. The van der Waals surface area contributed by atoms with Crippen molar-refractivity contribution in [3.05, 3.63) is 0 Å². The molecular formula is C15H28N2O3. The summed E-state index contributed by atoms with van der Waals surface area (Å²) in [6.45, 7) is 4.25. The molecule has 0 radical (unpaired) electrons. The van der Waals surface area contributed by atoms with Gasteiger partial charge in [-0.3, -0.25) is 4.79 Å². The first-order valence-electron chi connectivity index (χ1n) is 7.80. The Morgan fingerprint density at radius 1 is 1.30 bits per heavy atom. The summed E-state index contributed by atoms with van der Waals surface area (Å²) in [4.78, 5) is 24.3. The summed E-state index contributed by atoms with van der Waals surface area (Å²) < 4.78 is 0. The van der Waals surface area contributed by atoms with Crippen LogP contribution in [0.5, 0.6) is 0 Å². The molecule has 2 amide bonds. The van der Waals surface area contributed by atoms with Gasteiger partial charge in [-0.05, 0) is 25.7 Å². The Morgan fingerprint density at radius 3 is 2.50 bits per heavy atom. The van der Waals surface area contributed by atoms with Crippen LogP contribution in [0.25, 0.3) is 0 Å². The SMILES string of the molecule is CCC(C)N(CC(=O)O)C(=O)NCCC1CCCCC1. The normalized spacial score (nSPS) is 17.5. The molecule has 1 fully saturated rings. The summed E-state index contributed by atoms with van der Waals surface area (Å²) in [5.41, 5.74) is 0. The van der Waals surface area contributed by atoms with Gasteiger partial charge >= 0.3 is 12.0 Å². The van der Waals surface area contributed by atoms with Crippen molar-refractivity contribution in [2.45, 2.75) is 64.8 Å². The number of nitrogens with zero attached hydrogens (tertiary/aromatic N) is 1. The van der Waals surface area contributed by atoms with Gasteiger partial charge in [0.15, 0.2) is 0 Å². The van der Waals surface area contributed by atoms with E-state index in [1.807, 2.05) is 13.8 Å². The van der Waals surface area contributed by atoms with Gasteiger partial charge in [-0.2, -0.15) is 0 Å². The Kier molecular flexibility index (Phi) is 7.41. The van der Waals surface area contributed by atoms with Crippen molar-refractivity contribution in [2.24, 2.45) is 5.92 Å². The topological polar surface area (TPSA) is 69.6 Å². The Hall–Kier alpha value is -1.26. The second-order valence-electron chi connectivity index (χ2n) is 5.80. The molecule has 1 rings (SSSR count). The van der Waals surface area contributed by atoms with E-state index in [2.05, 4.69) is 5.32 Å². The summed E-state index contributed by atoms with van der Waals surface area (Å²) >= 11 is 0. The minimum Gasteiger partial charge on any atom is -0.480 e. The van der Waals surface area contributed by atoms with Crippen LogP contribution in [-0.4, -0.2) is 41.1 Å². The standard InChI is InChI=1S/C15H28N2O3/c1-3-12(2)17(11-14(18)19)15(20)16-10-9-13-7-5-4-6-8-13/h12-13H,3-11H2,1-2H3,(H,16,20)(H,18,19). The predicted molar refractivity (Wildman–Crippen MR) is 78.7 cm³/mol. The third kappa shape index (κ3) is 5.80. The van der Waals surface area contributed by atoms with Crippen molar-refractivity contribution in [3.8, 4) is 0 Å². The van der Waals surface area contributed by atoms with Crippen molar-refractivity contribution in [2.75, 3.05) is 13.1 Å². The molecule has 0 spiro atoms. The number of amides is 2. The van der Waals surface area contributed by atoms with Crippen LogP contribution in [0.4, 0.5) is 4.79 Å². The van der Waals surface area contributed by atoms with Crippen LogP contribution in [0.1, 0.15) is 58.8 Å². The molecule has 1 saturated carbocycles. The largest absolute Gasteiger partial charge is 0.480 e. The van der Waals surface area contributed by atoms with E-state index < -0.39 is 5.97 Å². The summed E-state index contributed by atoms with van der Waals surface area (Å²) in [6, 6.07) is -0.307. The Bertz CT molecular complexity index is 314. The minimum absolute atomic E-state index is 0.0548. The van der Waals surface area contributed by atoms with Gasteiger partial charge in [-0.15, -0.1) is 0 Å². The van der Waals surface area contributed by atoms with E-state index in [1.165, 1.54) is 37.0 Å². The third-order valence-corrected chi connectivity index (χ3v) is 4.24. The number of nitrogens with one attached hydrogen (secondary N) is 1. The number of urea groups is 1. The number of carboxylic acids is 1. The maximum atomic E-state index is 12.1. The number of carbonyl (C=O) groups excluding carboxylic acids is 1. The first kappa shape index (κ1) is 16.8. The first-order valence-corrected chi connectivity index (χ1v) is 7.80. The van der Waals surface area contributed by atoms with Gasteiger partial charge in [0.1, 0.15) is 6.54 Å². The number of aliphatic carboxylic acids is 1. The van der Waals surface area contributed by atoms with Gasteiger partial charge in [0.25, 0.3) is 0 Å². The van der Waals surface area contributed by atoms with Crippen LogP contribution in [0.15, 0.2) is 0 Å².